The third-order valence-corrected chi connectivity index (χ3v) is 5.24. The Labute approximate surface area is 138 Å². The Hall–Kier alpha value is -1.93. The first-order chi connectivity index (χ1) is 10.9. The first-order valence-corrected chi connectivity index (χ1v) is 9.12. The highest BCUT2D eigenvalue weighted by atomic mass is 35.5. The van der Waals surface area contributed by atoms with Crippen LogP contribution in [-0.2, 0) is 33.4 Å². The number of halogens is 1. The summed E-state index contributed by atoms with van der Waals surface area (Å²) < 4.78 is 26.4. The predicted octanol–water partition coefficient (Wildman–Crippen LogP) is 1.21. The van der Waals surface area contributed by atoms with Gasteiger partial charge in [0.1, 0.15) is 5.15 Å². The minimum atomic E-state index is -3.77. The third kappa shape index (κ3) is 3.89. The van der Waals surface area contributed by atoms with Crippen molar-refractivity contribution < 1.29 is 13.2 Å². The van der Waals surface area contributed by atoms with E-state index in [1.54, 1.807) is 12.3 Å². The van der Waals surface area contributed by atoms with Gasteiger partial charge in [0.05, 0.1) is 11.9 Å². The maximum Gasteiger partial charge on any atom is 0.239 e. The van der Waals surface area contributed by atoms with Gasteiger partial charge >= 0.3 is 0 Å². The van der Waals surface area contributed by atoms with Crippen LogP contribution in [0.15, 0.2) is 24.5 Å². The molecule has 0 fully saturated rings. The average Bonchev–Trinajstić information content (AvgIpc) is 2.96. The number of sulfonamides is 1. The summed E-state index contributed by atoms with van der Waals surface area (Å²) in [4.78, 5) is 16.1. The highest BCUT2D eigenvalue weighted by Crippen LogP contribution is 2.24. The molecule has 1 amide bonds. The van der Waals surface area contributed by atoms with Crippen molar-refractivity contribution in [3.63, 3.8) is 0 Å². The smallest absolute Gasteiger partial charge is 0.239 e. The number of aryl methyl sites for hydroxylation is 1. The Kier molecular flexibility index (Phi) is 4.36. The van der Waals surface area contributed by atoms with Crippen LogP contribution in [0.4, 0.5) is 0 Å². The standard InChI is InChI=1S/C14H15ClN4O3S/c15-13-4-1-9(6-16-13)8-23(21,22)19-14(20)10-2-3-11-7-17-18-12(11)5-10/h1,4,6-7,10H,2-3,5,8H2,(H,17,18)(H,19,20)/t10-/m0/s1. The molecule has 2 aromatic heterocycles. The van der Waals surface area contributed by atoms with Gasteiger partial charge in [-0.05, 0) is 30.0 Å². The van der Waals surface area contributed by atoms with Crippen LogP contribution in [-0.4, -0.2) is 29.5 Å². The number of nitrogens with one attached hydrogen (secondary N) is 2. The van der Waals surface area contributed by atoms with Crippen molar-refractivity contribution in [1.82, 2.24) is 19.9 Å². The van der Waals surface area contributed by atoms with Crippen molar-refractivity contribution >= 4 is 27.5 Å². The number of carbonyl (C=O) groups is 1. The van der Waals surface area contributed by atoms with Crippen molar-refractivity contribution in [2.45, 2.75) is 25.0 Å². The lowest BCUT2D eigenvalue weighted by atomic mass is 9.88. The van der Waals surface area contributed by atoms with Gasteiger partial charge in [0.25, 0.3) is 0 Å². The number of carbonyl (C=O) groups excluding carboxylic acids is 1. The first kappa shape index (κ1) is 15.9. The van der Waals surface area contributed by atoms with E-state index in [0.717, 1.165) is 11.3 Å². The van der Waals surface area contributed by atoms with Crippen LogP contribution in [0.1, 0.15) is 23.2 Å². The van der Waals surface area contributed by atoms with Crippen LogP contribution < -0.4 is 4.72 Å². The second-order valence-electron chi connectivity index (χ2n) is 5.53. The summed E-state index contributed by atoms with van der Waals surface area (Å²) in [5.41, 5.74) is 2.45. The Morgan fingerprint density at radius 3 is 2.96 bits per heavy atom. The summed E-state index contributed by atoms with van der Waals surface area (Å²) in [7, 11) is -3.77. The van der Waals surface area contributed by atoms with Gasteiger partial charge in [-0.1, -0.05) is 17.7 Å². The molecular weight excluding hydrogens is 340 g/mol. The molecular formula is C14H15ClN4O3S. The van der Waals surface area contributed by atoms with Crippen molar-refractivity contribution in [2.75, 3.05) is 0 Å². The highest BCUT2D eigenvalue weighted by Gasteiger charge is 2.28. The summed E-state index contributed by atoms with van der Waals surface area (Å²) in [5.74, 6) is -1.17. The van der Waals surface area contributed by atoms with Crippen LogP contribution in [0, 0.1) is 5.92 Å². The molecule has 2 N–H and O–H groups in total. The van der Waals surface area contributed by atoms with Gasteiger partial charge in [-0.25, -0.2) is 13.4 Å². The lowest BCUT2D eigenvalue weighted by molar-refractivity contribution is -0.123. The zero-order valence-corrected chi connectivity index (χ0v) is 13.7. The zero-order chi connectivity index (χ0) is 16.4. The quantitative estimate of drug-likeness (QED) is 0.803. The molecule has 0 aromatic carbocycles. The number of amides is 1. The Morgan fingerprint density at radius 2 is 2.22 bits per heavy atom. The summed E-state index contributed by atoms with van der Waals surface area (Å²) in [6, 6.07) is 3.08. The molecule has 0 radical (unpaired) electrons. The molecule has 0 saturated carbocycles. The van der Waals surface area contributed by atoms with Crippen LogP contribution >= 0.6 is 11.6 Å². The highest BCUT2D eigenvalue weighted by molar-refractivity contribution is 7.89. The number of aromatic nitrogens is 3. The van der Waals surface area contributed by atoms with Crippen LogP contribution in [0.2, 0.25) is 5.15 Å². The van der Waals surface area contributed by atoms with E-state index in [1.165, 1.54) is 12.3 Å². The number of fused-ring (bicyclic) bond motifs is 1. The molecule has 0 spiro atoms. The number of pyridine rings is 1. The lowest BCUT2D eigenvalue weighted by Gasteiger charge is -2.20. The van der Waals surface area contributed by atoms with Gasteiger partial charge in [0, 0.05) is 24.2 Å². The average molecular weight is 355 g/mol. The van der Waals surface area contributed by atoms with Crippen LogP contribution in [0.25, 0.3) is 0 Å². The van der Waals surface area contributed by atoms with Crippen molar-refractivity contribution in [2.24, 2.45) is 5.92 Å². The third-order valence-electron chi connectivity index (χ3n) is 3.79. The Balaban J connectivity index is 1.64. The van der Waals surface area contributed by atoms with Gasteiger partial charge in [-0.15, -0.1) is 0 Å². The second-order valence-corrected chi connectivity index (χ2v) is 7.64. The van der Waals surface area contributed by atoms with Crippen molar-refractivity contribution in [1.29, 1.82) is 0 Å². The molecule has 122 valence electrons. The number of nitrogens with zero attached hydrogens (tertiary/aromatic N) is 2. The number of aromatic amines is 1. The van der Waals surface area contributed by atoms with E-state index in [-0.39, 0.29) is 16.8 Å². The SMILES string of the molecule is O=C(NS(=O)(=O)Cc1ccc(Cl)nc1)[C@H]1CCc2cn[nH]c2C1. The normalized spacial score (nSPS) is 17.5. The molecule has 0 bridgehead atoms. The number of hydrogen-bond donors (Lipinski definition) is 2. The van der Waals surface area contributed by atoms with Gasteiger partial charge < -0.3 is 0 Å². The number of H-pyrrole nitrogens is 1. The zero-order valence-electron chi connectivity index (χ0n) is 12.1. The topological polar surface area (TPSA) is 105 Å². The first-order valence-electron chi connectivity index (χ1n) is 7.09. The summed E-state index contributed by atoms with van der Waals surface area (Å²) in [6.07, 6.45) is 4.91. The molecule has 1 atom stereocenters. The minimum absolute atomic E-state index is 0.285. The van der Waals surface area contributed by atoms with Gasteiger partial charge in [0.2, 0.25) is 15.9 Å². The van der Waals surface area contributed by atoms with E-state index in [2.05, 4.69) is 19.9 Å². The van der Waals surface area contributed by atoms with E-state index in [1.807, 2.05) is 0 Å². The summed E-state index contributed by atoms with van der Waals surface area (Å²) >= 11 is 5.66. The molecule has 7 nitrogen and oxygen atoms in total. The fourth-order valence-electron chi connectivity index (χ4n) is 2.62. The molecule has 0 saturated heterocycles. The second kappa shape index (κ2) is 6.29. The molecule has 0 unspecified atom stereocenters. The van der Waals surface area contributed by atoms with Gasteiger partial charge in [0.15, 0.2) is 0 Å². The van der Waals surface area contributed by atoms with Crippen molar-refractivity contribution in [3.05, 3.63) is 46.5 Å². The van der Waals surface area contributed by atoms with E-state index >= 15 is 0 Å². The molecule has 3 rings (SSSR count). The lowest BCUT2D eigenvalue weighted by Crippen LogP contribution is -2.38. The molecule has 1 aliphatic carbocycles. The largest absolute Gasteiger partial charge is 0.282 e. The van der Waals surface area contributed by atoms with E-state index < -0.39 is 15.9 Å². The minimum Gasteiger partial charge on any atom is -0.282 e. The fraction of sp³-hybridized carbons (Fsp3) is 0.357. The van der Waals surface area contributed by atoms with Crippen molar-refractivity contribution in [3.8, 4) is 0 Å². The van der Waals surface area contributed by atoms with Crippen LogP contribution in [0.5, 0.6) is 0 Å². The van der Waals surface area contributed by atoms with E-state index in [0.29, 0.717) is 24.8 Å². The number of hydrogen-bond acceptors (Lipinski definition) is 5. The van der Waals surface area contributed by atoms with Gasteiger partial charge in [-0.2, -0.15) is 5.10 Å². The maximum atomic E-state index is 12.2. The monoisotopic (exact) mass is 354 g/mol. The molecule has 23 heavy (non-hydrogen) atoms. The maximum absolute atomic E-state index is 12.2. The van der Waals surface area contributed by atoms with E-state index in [9.17, 15) is 13.2 Å². The molecule has 1 aliphatic rings. The molecule has 9 heteroatoms. The van der Waals surface area contributed by atoms with E-state index in [4.69, 9.17) is 11.6 Å². The molecule has 0 aliphatic heterocycles. The summed E-state index contributed by atoms with van der Waals surface area (Å²) in [6.45, 7) is 0. The molecule has 2 aromatic rings. The number of rotatable bonds is 4. The Morgan fingerprint density at radius 1 is 1.39 bits per heavy atom. The van der Waals surface area contributed by atoms with Crippen LogP contribution in [0.3, 0.4) is 0 Å². The summed E-state index contributed by atoms with van der Waals surface area (Å²) in [5, 5.41) is 7.08. The Bertz CT molecular complexity index is 817. The molecule has 2 heterocycles. The van der Waals surface area contributed by atoms with Gasteiger partial charge in [-0.3, -0.25) is 14.6 Å². The predicted molar refractivity (Wildman–Crippen MR) is 84.1 cm³/mol. The fourth-order valence-corrected chi connectivity index (χ4v) is 3.88.